The summed E-state index contributed by atoms with van der Waals surface area (Å²) in [6.07, 6.45) is 1.52. The molecule has 1 fully saturated rings. The zero-order valence-electron chi connectivity index (χ0n) is 14.7. The van der Waals surface area contributed by atoms with Crippen molar-refractivity contribution in [2.75, 3.05) is 13.1 Å². The summed E-state index contributed by atoms with van der Waals surface area (Å²) < 4.78 is 39.8. The number of benzene rings is 1. The van der Waals surface area contributed by atoms with Gasteiger partial charge in [-0.3, -0.25) is 9.59 Å². The van der Waals surface area contributed by atoms with Crippen molar-refractivity contribution in [3.63, 3.8) is 0 Å². The topological polar surface area (TPSA) is 49.4 Å². The number of carbonyl (C=O) groups excluding carboxylic acids is 2. The van der Waals surface area contributed by atoms with E-state index in [1.807, 2.05) is 20.8 Å². The molecular formula is C18H23F3N2O2. The molecule has 0 aromatic heterocycles. The van der Waals surface area contributed by atoms with E-state index in [0.29, 0.717) is 32.4 Å². The number of amides is 2. The molecule has 7 heteroatoms. The van der Waals surface area contributed by atoms with Gasteiger partial charge < -0.3 is 10.2 Å². The number of carbonyl (C=O) groups is 2. The van der Waals surface area contributed by atoms with E-state index >= 15 is 0 Å². The largest absolute Gasteiger partial charge is 0.349 e. The van der Waals surface area contributed by atoms with E-state index in [1.165, 1.54) is 0 Å². The molecule has 138 valence electrons. The van der Waals surface area contributed by atoms with E-state index in [0.717, 1.165) is 12.1 Å². The van der Waals surface area contributed by atoms with Crippen LogP contribution in [0.5, 0.6) is 0 Å². The first kappa shape index (κ1) is 19.3. The summed E-state index contributed by atoms with van der Waals surface area (Å²) in [5, 5.41) is 2.62. The van der Waals surface area contributed by atoms with Crippen molar-refractivity contribution < 1.29 is 22.8 Å². The molecule has 25 heavy (non-hydrogen) atoms. The second-order valence-corrected chi connectivity index (χ2v) is 7.59. The molecule has 0 bridgehead atoms. The van der Waals surface area contributed by atoms with E-state index in [9.17, 15) is 22.8 Å². The second-order valence-electron chi connectivity index (χ2n) is 7.59. The Morgan fingerprint density at radius 1 is 1.12 bits per heavy atom. The van der Waals surface area contributed by atoms with Crippen molar-refractivity contribution in [1.29, 1.82) is 0 Å². The van der Waals surface area contributed by atoms with E-state index in [-0.39, 0.29) is 17.4 Å². The van der Waals surface area contributed by atoms with Gasteiger partial charge >= 0.3 is 0 Å². The lowest BCUT2D eigenvalue weighted by atomic mass is 9.91. The number of hydrogen-bond acceptors (Lipinski definition) is 2. The number of piperidine rings is 1. The van der Waals surface area contributed by atoms with Gasteiger partial charge in [-0.15, -0.1) is 0 Å². The molecule has 2 rings (SSSR count). The molecule has 0 unspecified atom stereocenters. The Hall–Kier alpha value is -2.05. The Balaban J connectivity index is 1.91. The predicted octanol–water partition coefficient (Wildman–Crippen LogP) is 3.26. The first-order valence-corrected chi connectivity index (χ1v) is 8.30. The average Bonchev–Trinajstić information content (AvgIpc) is 2.51. The number of likely N-dealkylation sites (tertiary alicyclic amines) is 1. The van der Waals surface area contributed by atoms with Crippen molar-refractivity contribution in [1.82, 2.24) is 10.2 Å². The molecule has 2 amide bonds. The van der Waals surface area contributed by atoms with Crippen molar-refractivity contribution >= 4 is 11.8 Å². The lowest BCUT2D eigenvalue weighted by molar-refractivity contribution is -0.134. The van der Waals surface area contributed by atoms with Crippen LogP contribution in [-0.2, 0) is 4.79 Å². The third-order valence-corrected chi connectivity index (χ3v) is 4.14. The van der Waals surface area contributed by atoms with Crippen LogP contribution in [0.4, 0.5) is 13.2 Å². The molecule has 1 aliphatic rings. The number of halogens is 3. The van der Waals surface area contributed by atoms with Crippen LogP contribution >= 0.6 is 0 Å². The van der Waals surface area contributed by atoms with Gasteiger partial charge in [-0.25, -0.2) is 13.2 Å². The van der Waals surface area contributed by atoms with Crippen LogP contribution in [0, 0.1) is 22.9 Å². The van der Waals surface area contributed by atoms with Crippen molar-refractivity contribution in [3.8, 4) is 0 Å². The number of nitrogens with one attached hydrogen (secondary N) is 1. The van der Waals surface area contributed by atoms with E-state index in [1.54, 1.807) is 4.90 Å². The zero-order valence-corrected chi connectivity index (χ0v) is 14.7. The molecule has 1 aliphatic heterocycles. The van der Waals surface area contributed by atoms with Crippen LogP contribution in [0.25, 0.3) is 0 Å². The summed E-state index contributed by atoms with van der Waals surface area (Å²) in [7, 11) is 0. The summed E-state index contributed by atoms with van der Waals surface area (Å²) in [6.45, 7) is 6.98. The van der Waals surface area contributed by atoms with E-state index in [4.69, 9.17) is 0 Å². The van der Waals surface area contributed by atoms with Gasteiger partial charge in [0.1, 0.15) is 0 Å². The highest BCUT2D eigenvalue weighted by Gasteiger charge is 2.27. The fourth-order valence-electron chi connectivity index (χ4n) is 2.80. The highest BCUT2D eigenvalue weighted by molar-refractivity contribution is 5.94. The van der Waals surface area contributed by atoms with Gasteiger partial charge in [0.15, 0.2) is 17.5 Å². The summed E-state index contributed by atoms with van der Waals surface area (Å²) in [4.78, 5) is 26.0. The Kier molecular flexibility index (Phi) is 5.75. The monoisotopic (exact) mass is 356 g/mol. The maximum atomic E-state index is 13.7. The molecule has 1 aromatic carbocycles. The summed E-state index contributed by atoms with van der Waals surface area (Å²) >= 11 is 0. The molecule has 1 aromatic rings. The summed E-state index contributed by atoms with van der Waals surface area (Å²) in [5.41, 5.74) is -0.614. The van der Waals surface area contributed by atoms with Gasteiger partial charge in [0.25, 0.3) is 5.91 Å². The average molecular weight is 356 g/mol. The van der Waals surface area contributed by atoms with Crippen molar-refractivity contribution in [2.45, 2.75) is 46.1 Å². The Morgan fingerprint density at radius 3 is 2.28 bits per heavy atom. The minimum Gasteiger partial charge on any atom is -0.349 e. The third-order valence-electron chi connectivity index (χ3n) is 4.14. The second kappa shape index (κ2) is 7.45. The van der Waals surface area contributed by atoms with Crippen LogP contribution < -0.4 is 5.32 Å². The van der Waals surface area contributed by atoms with Crippen LogP contribution in [0.15, 0.2) is 12.1 Å². The number of rotatable bonds is 3. The smallest absolute Gasteiger partial charge is 0.254 e. The molecule has 0 radical (unpaired) electrons. The van der Waals surface area contributed by atoms with Gasteiger partial charge in [-0.2, -0.15) is 0 Å². The Morgan fingerprint density at radius 2 is 1.72 bits per heavy atom. The zero-order chi connectivity index (χ0) is 18.8. The van der Waals surface area contributed by atoms with Gasteiger partial charge in [-0.1, -0.05) is 20.8 Å². The standard InChI is InChI=1S/C18H23F3N2O2/c1-18(2,3)10-14(24)23-8-6-11(7-9-23)22-17(25)12-4-5-13(19)16(21)15(12)20/h4-5,11H,6-10H2,1-3H3,(H,22,25). The highest BCUT2D eigenvalue weighted by atomic mass is 19.2. The first-order valence-electron chi connectivity index (χ1n) is 8.30. The molecule has 0 spiro atoms. The lowest BCUT2D eigenvalue weighted by Crippen LogP contribution is -2.47. The minimum absolute atomic E-state index is 0.0731. The normalized spacial score (nSPS) is 16.0. The Labute approximate surface area is 145 Å². The molecule has 0 saturated carbocycles. The van der Waals surface area contributed by atoms with Crippen molar-refractivity contribution in [2.24, 2.45) is 5.41 Å². The van der Waals surface area contributed by atoms with Crippen LogP contribution in [-0.4, -0.2) is 35.8 Å². The van der Waals surface area contributed by atoms with E-state index in [2.05, 4.69) is 5.32 Å². The first-order chi connectivity index (χ1) is 11.6. The SMILES string of the molecule is CC(C)(C)CC(=O)N1CCC(NC(=O)c2ccc(F)c(F)c2F)CC1. The Bertz CT molecular complexity index is 663. The van der Waals surface area contributed by atoms with Crippen LogP contribution in [0.2, 0.25) is 0 Å². The summed E-state index contributed by atoms with van der Waals surface area (Å²) in [5.74, 6) is -5.19. The highest BCUT2D eigenvalue weighted by Crippen LogP contribution is 2.22. The molecule has 0 atom stereocenters. The predicted molar refractivity (Wildman–Crippen MR) is 87.5 cm³/mol. The fourth-order valence-corrected chi connectivity index (χ4v) is 2.80. The molecular weight excluding hydrogens is 333 g/mol. The summed E-state index contributed by atoms with van der Waals surface area (Å²) in [6, 6.07) is 1.41. The van der Waals surface area contributed by atoms with E-state index < -0.39 is 28.9 Å². The van der Waals surface area contributed by atoms with Gasteiger partial charge in [0.05, 0.1) is 5.56 Å². The van der Waals surface area contributed by atoms with Crippen LogP contribution in [0.1, 0.15) is 50.4 Å². The molecule has 0 aliphatic carbocycles. The van der Waals surface area contributed by atoms with Gasteiger partial charge in [-0.05, 0) is 30.4 Å². The van der Waals surface area contributed by atoms with Gasteiger partial charge in [0, 0.05) is 25.6 Å². The number of nitrogens with zero attached hydrogens (tertiary/aromatic N) is 1. The minimum atomic E-state index is -1.66. The lowest BCUT2D eigenvalue weighted by Gasteiger charge is -2.34. The number of hydrogen-bond donors (Lipinski definition) is 1. The van der Waals surface area contributed by atoms with Crippen LogP contribution in [0.3, 0.4) is 0 Å². The van der Waals surface area contributed by atoms with Gasteiger partial charge in [0.2, 0.25) is 5.91 Å². The van der Waals surface area contributed by atoms with Crippen molar-refractivity contribution in [3.05, 3.63) is 35.1 Å². The molecule has 1 saturated heterocycles. The molecule has 1 heterocycles. The quantitative estimate of drug-likeness (QED) is 0.845. The maximum Gasteiger partial charge on any atom is 0.254 e. The maximum absolute atomic E-state index is 13.7. The third kappa shape index (κ3) is 4.96. The fraction of sp³-hybridized carbons (Fsp3) is 0.556. The molecule has 4 nitrogen and oxygen atoms in total. The molecule has 1 N–H and O–H groups in total.